The Balaban J connectivity index is 0.00000180. The van der Waals surface area contributed by atoms with Crippen LogP contribution in [0.25, 0.3) is 11.0 Å². The molecule has 6 nitrogen and oxygen atoms in total. The fourth-order valence-electron chi connectivity index (χ4n) is 1.53. The van der Waals surface area contributed by atoms with E-state index in [1.54, 1.807) is 30.0 Å². The number of hydrogen-bond donors (Lipinski definition) is 3. The number of nitrogens with two attached hydrogens (primary N) is 1. The maximum atomic E-state index is 11.8. The Hall–Kier alpha value is -1.31. The highest BCUT2D eigenvalue weighted by atomic mass is 35.5. The molecule has 0 radical (unpaired) electrons. The molecule has 1 aromatic carbocycles. The fraction of sp³-hybridized carbons (Fsp3) is 0.364. The number of H-pyrrole nitrogens is 1. The summed E-state index contributed by atoms with van der Waals surface area (Å²) >= 11 is 1.67. The lowest BCUT2D eigenvalue weighted by atomic mass is 10.2. The van der Waals surface area contributed by atoms with Crippen molar-refractivity contribution < 1.29 is 4.79 Å². The second-order valence-corrected chi connectivity index (χ2v) is 4.89. The zero-order valence-corrected chi connectivity index (χ0v) is 12.1. The topological polar surface area (TPSA) is 96.7 Å². The first-order valence-corrected chi connectivity index (χ1v) is 6.96. The number of nitrogens with one attached hydrogen (secondary N) is 2. The molecule has 0 saturated heterocycles. The SMILES string of the molecule is CSCC[C@H](N)C(=O)Nc1ccc2n[nH]nc2c1.Cl. The van der Waals surface area contributed by atoms with E-state index in [4.69, 9.17) is 5.73 Å². The minimum Gasteiger partial charge on any atom is -0.325 e. The molecule has 104 valence electrons. The normalized spacial score (nSPS) is 11.9. The van der Waals surface area contributed by atoms with Crippen molar-refractivity contribution in [3.8, 4) is 0 Å². The largest absolute Gasteiger partial charge is 0.325 e. The standard InChI is InChI=1S/C11H15N5OS.ClH/c1-18-5-4-8(12)11(17)13-7-2-3-9-10(6-7)15-16-14-9;/h2-3,6,8H,4-5,12H2,1H3,(H,13,17)(H,14,15,16);1H/t8-;/m0./s1. The van der Waals surface area contributed by atoms with Crippen molar-refractivity contribution in [1.29, 1.82) is 0 Å². The summed E-state index contributed by atoms with van der Waals surface area (Å²) in [6.07, 6.45) is 2.66. The molecule has 1 heterocycles. The number of hydrogen-bond acceptors (Lipinski definition) is 5. The maximum absolute atomic E-state index is 11.8. The summed E-state index contributed by atoms with van der Waals surface area (Å²) in [5.41, 5.74) is 7.94. The minimum atomic E-state index is -0.481. The van der Waals surface area contributed by atoms with Gasteiger partial charge in [0.1, 0.15) is 11.0 Å². The van der Waals surface area contributed by atoms with E-state index < -0.39 is 6.04 Å². The number of halogens is 1. The Morgan fingerprint density at radius 2 is 2.21 bits per heavy atom. The molecule has 1 amide bonds. The van der Waals surface area contributed by atoms with Crippen molar-refractivity contribution >= 4 is 46.8 Å². The van der Waals surface area contributed by atoms with Gasteiger partial charge in [0.2, 0.25) is 5.91 Å². The van der Waals surface area contributed by atoms with Crippen LogP contribution in [0.1, 0.15) is 6.42 Å². The van der Waals surface area contributed by atoms with E-state index >= 15 is 0 Å². The number of carbonyl (C=O) groups is 1. The number of aromatic nitrogens is 3. The molecule has 19 heavy (non-hydrogen) atoms. The summed E-state index contributed by atoms with van der Waals surface area (Å²) in [6.45, 7) is 0. The van der Waals surface area contributed by atoms with Crippen LogP contribution in [0.3, 0.4) is 0 Å². The molecule has 2 aromatic rings. The zero-order chi connectivity index (χ0) is 13.0. The van der Waals surface area contributed by atoms with E-state index in [1.165, 1.54) is 0 Å². The van der Waals surface area contributed by atoms with Crippen molar-refractivity contribution in [3.63, 3.8) is 0 Å². The summed E-state index contributed by atoms with van der Waals surface area (Å²) in [5, 5.41) is 13.2. The molecule has 0 saturated carbocycles. The van der Waals surface area contributed by atoms with Crippen LogP contribution in [-0.2, 0) is 4.79 Å². The van der Waals surface area contributed by atoms with Crippen LogP contribution < -0.4 is 11.1 Å². The third-order valence-electron chi connectivity index (χ3n) is 2.55. The Morgan fingerprint density at radius 1 is 1.47 bits per heavy atom. The number of aromatic amines is 1. The van der Waals surface area contributed by atoms with Gasteiger partial charge in [-0.1, -0.05) is 0 Å². The number of benzene rings is 1. The van der Waals surface area contributed by atoms with Crippen molar-refractivity contribution in [2.75, 3.05) is 17.3 Å². The third kappa shape index (κ3) is 4.09. The van der Waals surface area contributed by atoms with Gasteiger partial charge in [-0.25, -0.2) is 0 Å². The molecular weight excluding hydrogens is 286 g/mol. The second kappa shape index (κ2) is 7.32. The molecule has 4 N–H and O–H groups in total. The van der Waals surface area contributed by atoms with Crippen LogP contribution in [0.15, 0.2) is 18.2 Å². The number of amides is 1. The monoisotopic (exact) mass is 301 g/mol. The summed E-state index contributed by atoms with van der Waals surface area (Å²) < 4.78 is 0. The molecule has 1 aromatic heterocycles. The van der Waals surface area contributed by atoms with Crippen LogP contribution in [0.5, 0.6) is 0 Å². The Morgan fingerprint density at radius 3 is 2.95 bits per heavy atom. The lowest BCUT2D eigenvalue weighted by Crippen LogP contribution is -2.36. The van der Waals surface area contributed by atoms with E-state index in [0.29, 0.717) is 17.6 Å². The first kappa shape index (κ1) is 15.7. The molecule has 0 aliphatic heterocycles. The predicted octanol–water partition coefficient (Wildman–Crippen LogP) is 1.40. The molecule has 0 bridgehead atoms. The lowest BCUT2D eigenvalue weighted by molar-refractivity contribution is -0.117. The number of fused-ring (bicyclic) bond motifs is 1. The van der Waals surface area contributed by atoms with Gasteiger partial charge in [-0.05, 0) is 36.6 Å². The quantitative estimate of drug-likeness (QED) is 0.775. The van der Waals surface area contributed by atoms with Crippen LogP contribution in [0.4, 0.5) is 5.69 Å². The fourth-order valence-corrected chi connectivity index (χ4v) is 2.02. The molecule has 0 unspecified atom stereocenters. The van der Waals surface area contributed by atoms with Crippen molar-refractivity contribution in [3.05, 3.63) is 18.2 Å². The smallest absolute Gasteiger partial charge is 0.241 e. The van der Waals surface area contributed by atoms with Crippen LogP contribution in [-0.4, -0.2) is 39.4 Å². The van der Waals surface area contributed by atoms with Gasteiger partial charge in [0.25, 0.3) is 0 Å². The maximum Gasteiger partial charge on any atom is 0.241 e. The Bertz CT molecular complexity index is 547. The number of rotatable bonds is 5. The van der Waals surface area contributed by atoms with Crippen LogP contribution >= 0.6 is 24.2 Å². The number of carbonyl (C=O) groups excluding carboxylic acids is 1. The molecular formula is C11H16ClN5OS. The first-order chi connectivity index (χ1) is 8.70. The number of nitrogens with zero attached hydrogens (tertiary/aromatic N) is 2. The van der Waals surface area contributed by atoms with Gasteiger partial charge in [-0.15, -0.1) is 12.4 Å². The van der Waals surface area contributed by atoms with Crippen molar-refractivity contribution in [2.24, 2.45) is 5.73 Å². The predicted molar refractivity (Wildman–Crippen MR) is 80.7 cm³/mol. The van der Waals surface area contributed by atoms with Gasteiger partial charge >= 0.3 is 0 Å². The molecule has 0 aliphatic carbocycles. The average molecular weight is 302 g/mol. The van der Waals surface area contributed by atoms with Crippen molar-refractivity contribution in [2.45, 2.75) is 12.5 Å². The number of anilines is 1. The van der Waals surface area contributed by atoms with Gasteiger partial charge in [-0.2, -0.15) is 27.2 Å². The van der Waals surface area contributed by atoms with E-state index in [1.807, 2.05) is 6.26 Å². The Kier molecular flexibility index (Phi) is 6.07. The molecule has 0 aliphatic rings. The van der Waals surface area contributed by atoms with Gasteiger partial charge in [-0.3, -0.25) is 4.79 Å². The molecule has 1 atom stereocenters. The third-order valence-corrected chi connectivity index (χ3v) is 3.20. The zero-order valence-electron chi connectivity index (χ0n) is 10.4. The van der Waals surface area contributed by atoms with Crippen LogP contribution in [0.2, 0.25) is 0 Å². The lowest BCUT2D eigenvalue weighted by Gasteiger charge is -2.11. The van der Waals surface area contributed by atoms with E-state index in [0.717, 1.165) is 11.3 Å². The molecule has 8 heteroatoms. The van der Waals surface area contributed by atoms with E-state index in [-0.39, 0.29) is 18.3 Å². The highest BCUT2D eigenvalue weighted by Gasteiger charge is 2.13. The molecule has 0 spiro atoms. The van der Waals surface area contributed by atoms with Crippen LogP contribution in [0, 0.1) is 0 Å². The molecule has 2 rings (SSSR count). The highest BCUT2D eigenvalue weighted by Crippen LogP contribution is 2.15. The molecule has 0 fully saturated rings. The first-order valence-electron chi connectivity index (χ1n) is 5.56. The summed E-state index contributed by atoms with van der Waals surface area (Å²) in [6, 6.07) is 4.86. The summed E-state index contributed by atoms with van der Waals surface area (Å²) in [7, 11) is 0. The van der Waals surface area contributed by atoms with Gasteiger partial charge < -0.3 is 11.1 Å². The summed E-state index contributed by atoms with van der Waals surface area (Å²) in [4.78, 5) is 11.8. The van der Waals surface area contributed by atoms with E-state index in [2.05, 4.69) is 20.7 Å². The van der Waals surface area contributed by atoms with Gasteiger partial charge in [0.05, 0.1) is 6.04 Å². The van der Waals surface area contributed by atoms with Gasteiger partial charge in [0, 0.05) is 5.69 Å². The highest BCUT2D eigenvalue weighted by molar-refractivity contribution is 7.98. The van der Waals surface area contributed by atoms with Crippen molar-refractivity contribution in [1.82, 2.24) is 15.4 Å². The number of thioether (sulfide) groups is 1. The summed E-state index contributed by atoms with van der Waals surface area (Å²) in [5.74, 6) is 0.698. The van der Waals surface area contributed by atoms with E-state index in [9.17, 15) is 4.79 Å². The second-order valence-electron chi connectivity index (χ2n) is 3.90. The van der Waals surface area contributed by atoms with Gasteiger partial charge in [0.15, 0.2) is 0 Å². The average Bonchev–Trinajstić information content (AvgIpc) is 2.83. The minimum absolute atomic E-state index is 0. The Labute approximate surface area is 121 Å².